The Morgan fingerprint density at radius 2 is 2.21 bits per heavy atom. The van der Waals surface area contributed by atoms with Gasteiger partial charge in [0, 0.05) is 18.1 Å². The Bertz CT molecular complexity index is 618. The fourth-order valence-corrected chi connectivity index (χ4v) is 1.72. The van der Waals surface area contributed by atoms with Gasteiger partial charge in [-0.3, -0.25) is 9.50 Å². The maximum absolute atomic E-state index is 4.38. The van der Waals surface area contributed by atoms with Gasteiger partial charge >= 0.3 is 0 Å². The maximum Gasteiger partial charge on any atom is 0.186 e. The first-order valence-corrected chi connectivity index (χ1v) is 4.41. The Morgan fingerprint density at radius 1 is 1.36 bits per heavy atom. The highest BCUT2D eigenvalue weighted by Gasteiger charge is 2.10. The molecule has 0 radical (unpaired) electrons. The van der Waals surface area contributed by atoms with E-state index in [9.17, 15) is 0 Å². The standard InChI is InChI=1S/C9H9N5/c1-5-7-8(13-12-5)11-6(2)14-4-3-10-9(7)14/h3-4H,1-2H3,(H,12,13). The average molecular weight is 187 g/mol. The minimum atomic E-state index is 0.735. The molecule has 3 rings (SSSR count). The molecule has 3 aromatic heterocycles. The van der Waals surface area contributed by atoms with Gasteiger partial charge < -0.3 is 0 Å². The SMILES string of the molecule is Cc1[nH]nc2nc(C)n3ccnc3c12. The zero-order valence-electron chi connectivity index (χ0n) is 7.94. The van der Waals surface area contributed by atoms with Gasteiger partial charge in [0.25, 0.3) is 0 Å². The zero-order chi connectivity index (χ0) is 9.71. The van der Waals surface area contributed by atoms with Gasteiger partial charge in [-0.1, -0.05) is 0 Å². The predicted molar refractivity (Wildman–Crippen MR) is 52.1 cm³/mol. The van der Waals surface area contributed by atoms with Crippen LogP contribution in [0.15, 0.2) is 12.4 Å². The summed E-state index contributed by atoms with van der Waals surface area (Å²) in [5.74, 6) is 0.900. The van der Waals surface area contributed by atoms with Gasteiger partial charge in [-0.2, -0.15) is 5.10 Å². The van der Waals surface area contributed by atoms with Crippen LogP contribution in [0.2, 0.25) is 0 Å². The molecule has 0 saturated heterocycles. The lowest BCUT2D eigenvalue weighted by Gasteiger charge is -1.98. The predicted octanol–water partition coefficient (Wildman–Crippen LogP) is 1.22. The molecule has 0 aliphatic heterocycles. The third-order valence-electron chi connectivity index (χ3n) is 2.41. The minimum absolute atomic E-state index is 0.735. The van der Waals surface area contributed by atoms with E-state index in [4.69, 9.17) is 0 Å². The Labute approximate surface area is 79.8 Å². The molecule has 3 heterocycles. The quantitative estimate of drug-likeness (QED) is 0.575. The summed E-state index contributed by atoms with van der Waals surface area (Å²) in [5.41, 5.74) is 2.65. The number of aromatic nitrogens is 5. The number of hydrogen-bond acceptors (Lipinski definition) is 3. The number of nitrogens with zero attached hydrogens (tertiary/aromatic N) is 4. The van der Waals surface area contributed by atoms with E-state index >= 15 is 0 Å². The van der Waals surface area contributed by atoms with Crippen LogP contribution >= 0.6 is 0 Å². The highest BCUT2D eigenvalue weighted by molar-refractivity contribution is 5.91. The van der Waals surface area contributed by atoms with Gasteiger partial charge in [0.2, 0.25) is 0 Å². The largest absolute Gasteiger partial charge is 0.287 e. The van der Waals surface area contributed by atoms with Crippen molar-refractivity contribution in [2.45, 2.75) is 13.8 Å². The summed E-state index contributed by atoms with van der Waals surface area (Å²) in [6.07, 6.45) is 3.68. The van der Waals surface area contributed by atoms with E-state index < -0.39 is 0 Å². The van der Waals surface area contributed by atoms with Gasteiger partial charge in [0.05, 0.1) is 5.39 Å². The molecule has 1 N–H and O–H groups in total. The Morgan fingerprint density at radius 3 is 3.07 bits per heavy atom. The van der Waals surface area contributed by atoms with Crippen molar-refractivity contribution in [1.82, 2.24) is 24.6 Å². The van der Waals surface area contributed by atoms with Crippen molar-refractivity contribution in [2.24, 2.45) is 0 Å². The first-order chi connectivity index (χ1) is 6.77. The van der Waals surface area contributed by atoms with Crippen LogP contribution in [0.1, 0.15) is 11.5 Å². The number of imidazole rings is 1. The van der Waals surface area contributed by atoms with Crippen LogP contribution in [-0.2, 0) is 0 Å². The second-order valence-electron chi connectivity index (χ2n) is 3.33. The number of H-pyrrole nitrogens is 1. The van der Waals surface area contributed by atoms with E-state index in [-0.39, 0.29) is 0 Å². The molecule has 0 aliphatic carbocycles. The molecule has 5 heteroatoms. The summed E-state index contributed by atoms with van der Waals surface area (Å²) in [7, 11) is 0. The van der Waals surface area contributed by atoms with Crippen LogP contribution in [0.5, 0.6) is 0 Å². The summed E-state index contributed by atoms with van der Waals surface area (Å²) in [5, 5.41) is 8.04. The molecule has 0 bridgehead atoms. The number of nitrogens with one attached hydrogen (secondary N) is 1. The lowest BCUT2D eigenvalue weighted by Crippen LogP contribution is -1.95. The lowest BCUT2D eigenvalue weighted by molar-refractivity contribution is 0.994. The summed E-state index contributed by atoms with van der Waals surface area (Å²) in [6.45, 7) is 3.92. The third-order valence-corrected chi connectivity index (χ3v) is 2.41. The van der Waals surface area contributed by atoms with Gasteiger partial charge in [0.15, 0.2) is 11.3 Å². The van der Waals surface area contributed by atoms with Crippen molar-refractivity contribution >= 4 is 16.7 Å². The van der Waals surface area contributed by atoms with Crippen LogP contribution in [0.4, 0.5) is 0 Å². The van der Waals surface area contributed by atoms with Gasteiger partial charge in [-0.25, -0.2) is 9.97 Å². The fraction of sp³-hybridized carbons (Fsp3) is 0.222. The van der Waals surface area contributed by atoms with Crippen LogP contribution in [0, 0.1) is 13.8 Å². The Balaban J connectivity index is 2.69. The zero-order valence-corrected chi connectivity index (χ0v) is 7.94. The molecule has 3 aromatic rings. The highest BCUT2D eigenvalue weighted by Crippen LogP contribution is 2.19. The van der Waals surface area contributed by atoms with Crippen molar-refractivity contribution in [3.63, 3.8) is 0 Å². The maximum atomic E-state index is 4.38. The number of fused-ring (bicyclic) bond motifs is 3. The van der Waals surface area contributed by atoms with Crippen molar-refractivity contribution in [3.05, 3.63) is 23.9 Å². The Kier molecular flexibility index (Phi) is 1.24. The van der Waals surface area contributed by atoms with E-state index in [2.05, 4.69) is 20.2 Å². The summed E-state index contributed by atoms with van der Waals surface area (Å²) in [4.78, 5) is 8.68. The van der Waals surface area contributed by atoms with Crippen molar-refractivity contribution < 1.29 is 0 Å². The van der Waals surface area contributed by atoms with E-state index in [0.717, 1.165) is 28.2 Å². The van der Waals surface area contributed by atoms with Crippen LogP contribution in [0.25, 0.3) is 16.7 Å². The van der Waals surface area contributed by atoms with Crippen LogP contribution in [-0.4, -0.2) is 24.6 Å². The Hall–Kier alpha value is -1.91. The smallest absolute Gasteiger partial charge is 0.186 e. The van der Waals surface area contributed by atoms with Gasteiger partial charge in [-0.05, 0) is 13.8 Å². The minimum Gasteiger partial charge on any atom is -0.287 e. The van der Waals surface area contributed by atoms with E-state index in [0.29, 0.717) is 0 Å². The van der Waals surface area contributed by atoms with E-state index in [1.807, 2.05) is 24.4 Å². The molecule has 5 nitrogen and oxygen atoms in total. The highest BCUT2D eigenvalue weighted by atomic mass is 15.2. The third kappa shape index (κ3) is 0.761. The van der Waals surface area contributed by atoms with Crippen molar-refractivity contribution in [2.75, 3.05) is 0 Å². The van der Waals surface area contributed by atoms with Crippen molar-refractivity contribution in [3.8, 4) is 0 Å². The molecular weight excluding hydrogens is 178 g/mol. The molecule has 70 valence electrons. The normalized spacial score (nSPS) is 11.6. The first-order valence-electron chi connectivity index (χ1n) is 4.41. The molecule has 0 amide bonds. The first kappa shape index (κ1) is 7.49. The summed E-state index contributed by atoms with van der Waals surface area (Å²) >= 11 is 0. The average Bonchev–Trinajstić information content (AvgIpc) is 2.72. The number of aryl methyl sites for hydroxylation is 2. The van der Waals surface area contributed by atoms with Gasteiger partial charge in [-0.15, -0.1) is 0 Å². The fourth-order valence-electron chi connectivity index (χ4n) is 1.72. The summed E-state index contributed by atoms with van der Waals surface area (Å²) in [6, 6.07) is 0. The molecular formula is C9H9N5. The molecule has 0 fully saturated rings. The lowest BCUT2D eigenvalue weighted by atomic mass is 10.3. The van der Waals surface area contributed by atoms with Crippen molar-refractivity contribution in [1.29, 1.82) is 0 Å². The molecule has 0 saturated carbocycles. The molecule has 0 aromatic carbocycles. The second-order valence-corrected chi connectivity index (χ2v) is 3.33. The second kappa shape index (κ2) is 2.31. The summed E-state index contributed by atoms with van der Waals surface area (Å²) < 4.78 is 1.96. The van der Waals surface area contributed by atoms with Crippen LogP contribution < -0.4 is 0 Å². The molecule has 0 spiro atoms. The van der Waals surface area contributed by atoms with Crippen LogP contribution in [0.3, 0.4) is 0 Å². The number of rotatable bonds is 0. The number of aromatic amines is 1. The van der Waals surface area contributed by atoms with E-state index in [1.165, 1.54) is 0 Å². The molecule has 0 aliphatic rings. The molecule has 0 atom stereocenters. The molecule has 14 heavy (non-hydrogen) atoms. The molecule has 0 unspecified atom stereocenters. The number of hydrogen-bond donors (Lipinski definition) is 1. The van der Waals surface area contributed by atoms with E-state index in [1.54, 1.807) is 6.20 Å². The topological polar surface area (TPSA) is 58.9 Å². The van der Waals surface area contributed by atoms with Gasteiger partial charge in [0.1, 0.15) is 5.82 Å². The monoisotopic (exact) mass is 187 g/mol.